The van der Waals surface area contributed by atoms with Crippen LogP contribution in [0.25, 0.3) is 10.1 Å². The Kier molecular flexibility index (Phi) is 2.36. The zero-order valence-electron chi connectivity index (χ0n) is 6.95. The van der Waals surface area contributed by atoms with E-state index in [4.69, 9.17) is 5.26 Å². The van der Waals surface area contributed by atoms with Crippen molar-refractivity contribution in [2.24, 2.45) is 0 Å². The molecule has 0 spiro atoms. The van der Waals surface area contributed by atoms with Gasteiger partial charge in [-0.05, 0) is 28.1 Å². The first-order valence-corrected chi connectivity index (χ1v) is 5.44. The lowest BCUT2D eigenvalue weighted by molar-refractivity contribution is 0.112. The fourth-order valence-corrected chi connectivity index (χ4v) is 2.99. The van der Waals surface area contributed by atoms with Crippen LogP contribution in [0.3, 0.4) is 0 Å². The lowest BCUT2D eigenvalue weighted by Gasteiger charge is -1.90. The Morgan fingerprint density at radius 1 is 1.50 bits per heavy atom. The van der Waals surface area contributed by atoms with Gasteiger partial charge in [-0.1, -0.05) is 6.07 Å². The number of fused-ring (bicyclic) bond motifs is 1. The Morgan fingerprint density at radius 3 is 2.93 bits per heavy atom. The number of aldehydes is 1. The Morgan fingerprint density at radius 2 is 2.29 bits per heavy atom. The average Bonchev–Trinajstić information content (AvgIpc) is 2.55. The molecule has 0 aliphatic rings. The fourth-order valence-electron chi connectivity index (χ4n) is 1.23. The van der Waals surface area contributed by atoms with Crippen LogP contribution in [0.4, 0.5) is 0 Å². The second kappa shape index (κ2) is 3.52. The van der Waals surface area contributed by atoms with Crippen LogP contribution in [0, 0.1) is 11.3 Å². The molecule has 0 amide bonds. The molecule has 0 N–H and O–H groups in total. The van der Waals surface area contributed by atoms with Gasteiger partial charge in [0.05, 0.1) is 16.5 Å². The van der Waals surface area contributed by atoms with E-state index in [9.17, 15) is 4.79 Å². The third kappa shape index (κ3) is 1.35. The zero-order chi connectivity index (χ0) is 10.1. The normalized spacial score (nSPS) is 10.0. The maximum atomic E-state index is 10.7. The van der Waals surface area contributed by atoms with E-state index in [0.29, 0.717) is 10.4 Å². The number of carbonyl (C=O) groups excluding carboxylic acids is 1. The number of benzene rings is 1. The first kappa shape index (κ1) is 9.38. The largest absolute Gasteiger partial charge is 0.297 e. The Balaban J connectivity index is 2.80. The van der Waals surface area contributed by atoms with E-state index in [1.807, 2.05) is 6.07 Å². The molecule has 0 aliphatic heterocycles. The Bertz CT molecular complexity index is 553. The van der Waals surface area contributed by atoms with Gasteiger partial charge in [0.25, 0.3) is 0 Å². The second-order valence-corrected chi connectivity index (χ2v) is 4.60. The van der Waals surface area contributed by atoms with Crippen molar-refractivity contribution in [3.8, 4) is 6.07 Å². The molecular formula is C10H4BrNOS. The van der Waals surface area contributed by atoms with Gasteiger partial charge in [0.2, 0.25) is 0 Å². The summed E-state index contributed by atoms with van der Waals surface area (Å²) in [7, 11) is 0. The third-order valence-corrected chi connectivity index (χ3v) is 4.09. The monoisotopic (exact) mass is 265 g/mol. The summed E-state index contributed by atoms with van der Waals surface area (Å²) >= 11 is 4.74. The molecule has 14 heavy (non-hydrogen) atoms. The summed E-state index contributed by atoms with van der Waals surface area (Å²) in [5.41, 5.74) is 0.615. The van der Waals surface area contributed by atoms with Gasteiger partial charge in [0.15, 0.2) is 6.29 Å². The molecule has 2 nitrogen and oxygen atoms in total. The van der Waals surface area contributed by atoms with Crippen molar-refractivity contribution < 1.29 is 4.79 Å². The number of halogens is 1. The highest BCUT2D eigenvalue weighted by atomic mass is 79.9. The van der Waals surface area contributed by atoms with E-state index in [1.54, 1.807) is 12.1 Å². The molecular weight excluding hydrogens is 262 g/mol. The quantitative estimate of drug-likeness (QED) is 0.742. The molecule has 68 valence electrons. The fraction of sp³-hybridized carbons (Fsp3) is 0. The minimum absolute atomic E-state index is 0.615. The van der Waals surface area contributed by atoms with Crippen LogP contribution in [0.1, 0.15) is 15.2 Å². The van der Waals surface area contributed by atoms with Crippen molar-refractivity contribution in [3.63, 3.8) is 0 Å². The Labute approximate surface area is 92.9 Å². The van der Waals surface area contributed by atoms with Gasteiger partial charge >= 0.3 is 0 Å². The van der Waals surface area contributed by atoms with E-state index in [1.165, 1.54) is 11.3 Å². The van der Waals surface area contributed by atoms with Crippen LogP contribution in [0.5, 0.6) is 0 Å². The van der Waals surface area contributed by atoms with Crippen LogP contribution in [0.15, 0.2) is 22.7 Å². The average molecular weight is 266 g/mol. The standard InChI is InChI=1S/C10H4BrNOS/c11-10-7-2-1-6(4-12)3-8(7)14-9(10)5-13/h1-3,5H. The van der Waals surface area contributed by atoms with Gasteiger partial charge in [0.1, 0.15) is 0 Å². The van der Waals surface area contributed by atoms with Gasteiger partial charge in [-0.2, -0.15) is 5.26 Å². The van der Waals surface area contributed by atoms with E-state index in [0.717, 1.165) is 20.8 Å². The van der Waals surface area contributed by atoms with Gasteiger partial charge in [-0.25, -0.2) is 0 Å². The maximum Gasteiger partial charge on any atom is 0.161 e. The predicted octanol–water partition coefficient (Wildman–Crippen LogP) is 3.35. The summed E-state index contributed by atoms with van der Waals surface area (Å²) in [6.45, 7) is 0. The van der Waals surface area contributed by atoms with Crippen molar-refractivity contribution in [2.45, 2.75) is 0 Å². The highest BCUT2D eigenvalue weighted by Crippen LogP contribution is 2.34. The molecule has 0 fully saturated rings. The van der Waals surface area contributed by atoms with Crippen LogP contribution in [0.2, 0.25) is 0 Å². The molecule has 0 bridgehead atoms. The van der Waals surface area contributed by atoms with E-state index in [-0.39, 0.29) is 0 Å². The predicted molar refractivity (Wildman–Crippen MR) is 59.6 cm³/mol. The molecule has 0 saturated heterocycles. The number of carbonyl (C=O) groups is 1. The summed E-state index contributed by atoms with van der Waals surface area (Å²) in [5.74, 6) is 0. The molecule has 0 radical (unpaired) electrons. The van der Waals surface area contributed by atoms with Crippen LogP contribution in [-0.4, -0.2) is 6.29 Å². The topological polar surface area (TPSA) is 40.9 Å². The third-order valence-electron chi connectivity index (χ3n) is 1.89. The van der Waals surface area contributed by atoms with Crippen molar-refractivity contribution in [1.82, 2.24) is 0 Å². The van der Waals surface area contributed by atoms with Crippen molar-refractivity contribution in [3.05, 3.63) is 33.1 Å². The van der Waals surface area contributed by atoms with Gasteiger partial charge in [0, 0.05) is 14.6 Å². The van der Waals surface area contributed by atoms with E-state index in [2.05, 4.69) is 22.0 Å². The molecule has 2 rings (SSSR count). The Hall–Kier alpha value is -1.18. The van der Waals surface area contributed by atoms with Crippen LogP contribution < -0.4 is 0 Å². The van der Waals surface area contributed by atoms with E-state index < -0.39 is 0 Å². The summed E-state index contributed by atoms with van der Waals surface area (Å²) in [6, 6.07) is 7.45. The maximum absolute atomic E-state index is 10.7. The highest BCUT2D eigenvalue weighted by Gasteiger charge is 2.08. The number of thiophene rings is 1. The van der Waals surface area contributed by atoms with E-state index >= 15 is 0 Å². The summed E-state index contributed by atoms with van der Waals surface area (Å²) in [4.78, 5) is 11.3. The van der Waals surface area contributed by atoms with Crippen LogP contribution >= 0.6 is 27.3 Å². The SMILES string of the molecule is N#Cc1ccc2c(Br)c(C=O)sc2c1. The molecule has 1 aromatic carbocycles. The minimum atomic E-state index is 0.615. The number of hydrogen-bond donors (Lipinski definition) is 0. The smallest absolute Gasteiger partial charge is 0.161 e. The molecule has 0 aliphatic carbocycles. The lowest BCUT2D eigenvalue weighted by atomic mass is 10.2. The molecule has 2 aromatic rings. The second-order valence-electron chi connectivity index (χ2n) is 2.72. The van der Waals surface area contributed by atoms with Crippen molar-refractivity contribution in [2.75, 3.05) is 0 Å². The molecule has 1 heterocycles. The molecule has 0 atom stereocenters. The summed E-state index contributed by atoms with van der Waals surface area (Å²) in [5, 5.41) is 9.69. The highest BCUT2D eigenvalue weighted by molar-refractivity contribution is 9.10. The lowest BCUT2D eigenvalue weighted by Crippen LogP contribution is -1.72. The van der Waals surface area contributed by atoms with Crippen molar-refractivity contribution >= 4 is 43.6 Å². The minimum Gasteiger partial charge on any atom is -0.297 e. The molecule has 1 aromatic heterocycles. The van der Waals surface area contributed by atoms with Gasteiger partial charge in [-0.15, -0.1) is 11.3 Å². The number of rotatable bonds is 1. The molecule has 0 unspecified atom stereocenters. The van der Waals surface area contributed by atoms with Crippen LogP contribution in [-0.2, 0) is 0 Å². The number of nitriles is 1. The zero-order valence-corrected chi connectivity index (χ0v) is 9.35. The van der Waals surface area contributed by atoms with Gasteiger partial charge < -0.3 is 0 Å². The number of nitrogens with zero attached hydrogens (tertiary/aromatic N) is 1. The number of hydrogen-bond acceptors (Lipinski definition) is 3. The van der Waals surface area contributed by atoms with Crippen molar-refractivity contribution in [1.29, 1.82) is 5.26 Å². The van der Waals surface area contributed by atoms with Gasteiger partial charge in [-0.3, -0.25) is 4.79 Å². The first-order chi connectivity index (χ1) is 6.76. The summed E-state index contributed by atoms with van der Waals surface area (Å²) in [6.07, 6.45) is 0.820. The summed E-state index contributed by atoms with van der Waals surface area (Å²) < 4.78 is 1.77. The molecule has 4 heteroatoms. The first-order valence-electron chi connectivity index (χ1n) is 3.83. The molecule has 0 saturated carbocycles.